The van der Waals surface area contributed by atoms with Crippen molar-refractivity contribution in [3.8, 4) is 0 Å². The summed E-state index contributed by atoms with van der Waals surface area (Å²) in [7, 11) is 2.05. The van der Waals surface area contributed by atoms with Crippen LogP contribution in [-0.4, -0.2) is 64.1 Å². The maximum Gasteiger partial charge on any atom is 0.490 e. The predicted molar refractivity (Wildman–Crippen MR) is 99.4 cm³/mol. The summed E-state index contributed by atoms with van der Waals surface area (Å²) in [6.45, 7) is 4.67. The van der Waals surface area contributed by atoms with Gasteiger partial charge in [-0.15, -0.1) is 10.2 Å². The first-order valence-corrected chi connectivity index (χ1v) is 9.23. The number of rotatable bonds is 4. The van der Waals surface area contributed by atoms with Crippen LogP contribution in [0.4, 0.5) is 13.2 Å². The highest BCUT2D eigenvalue weighted by molar-refractivity contribution is 5.73. The van der Waals surface area contributed by atoms with E-state index in [0.29, 0.717) is 0 Å². The number of carbonyl (C=O) groups is 1. The molecule has 0 fully saturated rings. The molecule has 0 saturated heterocycles. The number of aryl methyl sites for hydroxylation is 1. The third kappa shape index (κ3) is 5.47. The fourth-order valence-corrected chi connectivity index (χ4v) is 3.11. The zero-order chi connectivity index (χ0) is 21.7. The van der Waals surface area contributed by atoms with Crippen molar-refractivity contribution in [3.63, 3.8) is 0 Å². The Bertz CT molecular complexity index is 963. The molecule has 0 radical (unpaired) electrons. The molecule has 162 valence electrons. The molecule has 4 heterocycles. The van der Waals surface area contributed by atoms with Crippen LogP contribution in [0.3, 0.4) is 0 Å². The number of fused-ring (bicyclic) bond motifs is 1. The molecule has 12 heteroatoms. The van der Waals surface area contributed by atoms with Crippen molar-refractivity contribution >= 4 is 5.97 Å². The van der Waals surface area contributed by atoms with Gasteiger partial charge in [-0.1, -0.05) is 0 Å². The minimum atomic E-state index is -5.08. The van der Waals surface area contributed by atoms with Crippen LogP contribution in [0.25, 0.3) is 0 Å². The quantitative estimate of drug-likeness (QED) is 0.682. The Morgan fingerprint density at radius 2 is 1.83 bits per heavy atom. The summed E-state index contributed by atoms with van der Waals surface area (Å²) in [6, 6.07) is 4.07. The summed E-state index contributed by atoms with van der Waals surface area (Å²) < 4.78 is 38.2. The average molecular weight is 425 g/mol. The normalized spacial score (nSPS) is 14.5. The third-order valence-electron chi connectivity index (χ3n) is 4.73. The van der Waals surface area contributed by atoms with Crippen molar-refractivity contribution in [2.24, 2.45) is 7.05 Å². The molecular weight excluding hydrogens is 403 g/mol. The van der Waals surface area contributed by atoms with E-state index in [9.17, 15) is 13.2 Å². The Morgan fingerprint density at radius 1 is 1.13 bits per heavy atom. The van der Waals surface area contributed by atoms with Gasteiger partial charge in [0.1, 0.15) is 5.82 Å². The Morgan fingerprint density at radius 3 is 2.43 bits per heavy atom. The molecule has 1 N–H and O–H groups in total. The van der Waals surface area contributed by atoms with Crippen LogP contribution in [-0.2, 0) is 37.9 Å². The van der Waals surface area contributed by atoms with Crippen LogP contribution in [0.1, 0.15) is 17.3 Å². The highest BCUT2D eigenvalue weighted by Gasteiger charge is 2.38. The van der Waals surface area contributed by atoms with Crippen molar-refractivity contribution in [2.45, 2.75) is 32.2 Å². The van der Waals surface area contributed by atoms with Gasteiger partial charge in [0.25, 0.3) is 0 Å². The molecule has 0 saturated carbocycles. The van der Waals surface area contributed by atoms with Crippen LogP contribution in [0.15, 0.2) is 37.1 Å². The zero-order valence-corrected chi connectivity index (χ0v) is 16.3. The minimum Gasteiger partial charge on any atom is -0.475 e. The van der Waals surface area contributed by atoms with Crippen molar-refractivity contribution < 1.29 is 23.1 Å². The fourth-order valence-electron chi connectivity index (χ4n) is 3.11. The largest absolute Gasteiger partial charge is 0.490 e. The van der Waals surface area contributed by atoms with Gasteiger partial charge in [-0.2, -0.15) is 13.2 Å². The zero-order valence-electron chi connectivity index (χ0n) is 16.3. The van der Waals surface area contributed by atoms with E-state index in [-0.39, 0.29) is 0 Å². The van der Waals surface area contributed by atoms with E-state index in [4.69, 9.17) is 9.90 Å². The number of carboxylic acids is 1. The first-order chi connectivity index (χ1) is 14.2. The summed E-state index contributed by atoms with van der Waals surface area (Å²) in [4.78, 5) is 15.6. The lowest BCUT2D eigenvalue weighted by molar-refractivity contribution is -0.192. The Labute approximate surface area is 170 Å². The molecule has 0 aliphatic carbocycles. The van der Waals surface area contributed by atoms with Gasteiger partial charge >= 0.3 is 12.1 Å². The minimum absolute atomic E-state index is 0.779. The van der Waals surface area contributed by atoms with Gasteiger partial charge in [-0.05, 0) is 12.1 Å². The number of carboxylic acid groups (broad SMARTS) is 1. The maximum atomic E-state index is 10.6. The van der Waals surface area contributed by atoms with Crippen LogP contribution in [0.5, 0.6) is 0 Å². The van der Waals surface area contributed by atoms with Crippen molar-refractivity contribution in [2.75, 3.05) is 13.1 Å². The van der Waals surface area contributed by atoms with Gasteiger partial charge in [-0.25, -0.2) is 9.78 Å². The van der Waals surface area contributed by atoms with E-state index in [1.54, 1.807) is 0 Å². The number of aromatic nitrogens is 6. The Hall–Kier alpha value is -3.15. The van der Waals surface area contributed by atoms with Crippen molar-refractivity contribution in [3.05, 3.63) is 54.4 Å². The number of hydrogen-bond donors (Lipinski definition) is 1. The van der Waals surface area contributed by atoms with Gasteiger partial charge in [0.2, 0.25) is 0 Å². The smallest absolute Gasteiger partial charge is 0.475 e. The van der Waals surface area contributed by atoms with Gasteiger partial charge < -0.3 is 18.8 Å². The number of halogens is 3. The molecular formula is C18H22F3N7O2. The standard InChI is InChI=1S/C16H21N7.C2HF3O2/c1-20-13-17-10-14(20)11-22-7-4-15-18-19-16(23(15)9-8-22)12-21-5-2-3-6-21;3-2(4,5)1(6)7/h2-3,5-6,10,13H,4,7-9,11-12H2,1H3;(H,6,7). The van der Waals surface area contributed by atoms with E-state index >= 15 is 0 Å². The number of alkyl halides is 3. The number of imidazole rings is 1. The summed E-state index contributed by atoms with van der Waals surface area (Å²) in [6.07, 6.45) is 3.79. The first kappa shape index (κ1) is 21.6. The first-order valence-electron chi connectivity index (χ1n) is 9.23. The van der Waals surface area contributed by atoms with Gasteiger partial charge in [-0.3, -0.25) is 4.90 Å². The van der Waals surface area contributed by atoms with Crippen molar-refractivity contribution in [1.82, 2.24) is 33.8 Å². The number of nitrogens with zero attached hydrogens (tertiary/aromatic N) is 7. The lowest BCUT2D eigenvalue weighted by Crippen LogP contribution is -2.27. The van der Waals surface area contributed by atoms with Crippen LogP contribution in [0, 0.1) is 0 Å². The molecule has 1 aliphatic heterocycles. The molecule has 4 rings (SSSR count). The summed E-state index contributed by atoms with van der Waals surface area (Å²) in [5.74, 6) is -0.620. The lowest BCUT2D eigenvalue weighted by atomic mass is 10.3. The maximum absolute atomic E-state index is 10.6. The second-order valence-electron chi connectivity index (χ2n) is 6.86. The molecule has 0 amide bonds. The molecule has 0 aromatic carbocycles. The molecule has 0 spiro atoms. The van der Waals surface area contributed by atoms with E-state index in [2.05, 4.69) is 46.2 Å². The van der Waals surface area contributed by atoms with E-state index in [1.807, 2.05) is 31.7 Å². The lowest BCUT2D eigenvalue weighted by Gasteiger charge is -2.19. The second kappa shape index (κ2) is 9.11. The topological polar surface area (TPSA) is 94.0 Å². The van der Waals surface area contributed by atoms with Crippen LogP contribution < -0.4 is 0 Å². The van der Waals surface area contributed by atoms with Gasteiger partial charge in [0.15, 0.2) is 5.82 Å². The number of aliphatic carboxylic acids is 1. The Balaban J connectivity index is 0.000000318. The highest BCUT2D eigenvalue weighted by atomic mass is 19.4. The van der Waals surface area contributed by atoms with Crippen molar-refractivity contribution in [1.29, 1.82) is 0 Å². The second-order valence-corrected chi connectivity index (χ2v) is 6.86. The third-order valence-corrected chi connectivity index (χ3v) is 4.73. The summed E-state index contributed by atoms with van der Waals surface area (Å²) in [5, 5.41) is 15.9. The van der Waals surface area contributed by atoms with Gasteiger partial charge in [0.05, 0.1) is 18.6 Å². The fraction of sp³-hybridized carbons (Fsp3) is 0.444. The van der Waals surface area contributed by atoms with E-state index < -0.39 is 12.1 Å². The molecule has 1 aliphatic rings. The van der Waals surface area contributed by atoms with E-state index in [1.165, 1.54) is 5.69 Å². The SMILES string of the molecule is Cn1cncc1CN1CCc2nnc(Cn3cccc3)n2CC1.O=C(O)C(F)(F)F. The molecule has 9 nitrogen and oxygen atoms in total. The van der Waals surface area contributed by atoms with Gasteiger partial charge in [0, 0.05) is 58.2 Å². The average Bonchev–Trinajstić information content (AvgIpc) is 3.38. The molecule has 0 atom stereocenters. The summed E-state index contributed by atoms with van der Waals surface area (Å²) in [5.41, 5.74) is 1.25. The molecule has 3 aromatic rings. The Kier molecular flexibility index (Phi) is 6.55. The number of hydrogen-bond acceptors (Lipinski definition) is 5. The summed E-state index contributed by atoms with van der Waals surface area (Å²) >= 11 is 0. The highest BCUT2D eigenvalue weighted by Crippen LogP contribution is 2.14. The van der Waals surface area contributed by atoms with Crippen LogP contribution in [0.2, 0.25) is 0 Å². The molecule has 3 aromatic heterocycles. The van der Waals surface area contributed by atoms with Crippen LogP contribution >= 0.6 is 0 Å². The molecule has 30 heavy (non-hydrogen) atoms. The molecule has 0 unspecified atom stereocenters. The predicted octanol–water partition coefficient (Wildman–Crippen LogP) is 1.55. The molecule has 0 bridgehead atoms. The van der Waals surface area contributed by atoms with E-state index in [0.717, 1.165) is 50.8 Å². The monoisotopic (exact) mass is 425 g/mol.